The monoisotopic (exact) mass is 407 g/mol. The van der Waals surface area contributed by atoms with E-state index in [0.29, 0.717) is 13.1 Å². The summed E-state index contributed by atoms with van der Waals surface area (Å²) in [7, 11) is -2.23. The van der Waals surface area contributed by atoms with Crippen molar-refractivity contribution in [2.24, 2.45) is 0 Å². The fourth-order valence-corrected chi connectivity index (χ4v) is 5.24. The number of carbonyl (C=O) groups is 1. The Balaban J connectivity index is 1.68. The van der Waals surface area contributed by atoms with Gasteiger partial charge in [-0.1, -0.05) is 6.07 Å². The number of hydrogen-bond donors (Lipinski definition) is 0. The molecule has 3 rings (SSSR count). The SMILES string of the molecule is Cc1ccc(S(=O)(=O)N(C)CC(=O)N2CCCC(c3nccs3)C2)cc1C. The van der Waals surface area contributed by atoms with Crippen LogP contribution in [-0.2, 0) is 14.8 Å². The van der Waals surface area contributed by atoms with Gasteiger partial charge in [-0.3, -0.25) is 4.79 Å². The van der Waals surface area contributed by atoms with E-state index in [1.807, 2.05) is 19.2 Å². The molecule has 1 aromatic carbocycles. The largest absolute Gasteiger partial charge is 0.341 e. The van der Waals surface area contributed by atoms with Gasteiger partial charge in [-0.2, -0.15) is 4.31 Å². The van der Waals surface area contributed by atoms with E-state index < -0.39 is 10.0 Å². The summed E-state index contributed by atoms with van der Waals surface area (Å²) in [5.41, 5.74) is 1.95. The van der Waals surface area contributed by atoms with Crippen LogP contribution in [0.4, 0.5) is 0 Å². The number of aryl methyl sites for hydroxylation is 2. The third kappa shape index (κ3) is 4.39. The molecule has 1 aliphatic rings. The van der Waals surface area contributed by atoms with Gasteiger partial charge in [0.2, 0.25) is 15.9 Å². The minimum absolute atomic E-state index is 0.153. The molecule has 0 saturated carbocycles. The first-order chi connectivity index (χ1) is 12.8. The third-order valence-corrected chi connectivity index (χ3v) is 7.86. The summed E-state index contributed by atoms with van der Waals surface area (Å²) in [6.45, 7) is 4.93. The first-order valence-corrected chi connectivity index (χ1v) is 11.3. The van der Waals surface area contributed by atoms with Crippen molar-refractivity contribution in [3.63, 3.8) is 0 Å². The van der Waals surface area contributed by atoms with Gasteiger partial charge in [0.25, 0.3) is 0 Å². The molecule has 1 amide bonds. The van der Waals surface area contributed by atoms with Gasteiger partial charge in [-0.15, -0.1) is 11.3 Å². The first kappa shape index (κ1) is 20.0. The highest BCUT2D eigenvalue weighted by atomic mass is 32.2. The molecule has 1 saturated heterocycles. The number of nitrogens with zero attached hydrogens (tertiary/aromatic N) is 3. The molecule has 0 radical (unpaired) electrons. The predicted octanol–water partition coefficient (Wildman–Crippen LogP) is 2.79. The zero-order chi connectivity index (χ0) is 19.6. The number of sulfonamides is 1. The minimum atomic E-state index is -3.69. The molecule has 6 nitrogen and oxygen atoms in total. The van der Waals surface area contributed by atoms with Crippen LogP contribution in [-0.4, -0.2) is 55.2 Å². The van der Waals surface area contributed by atoms with E-state index in [-0.39, 0.29) is 23.3 Å². The fourth-order valence-electron chi connectivity index (χ4n) is 3.27. The van der Waals surface area contributed by atoms with E-state index in [1.165, 1.54) is 7.05 Å². The van der Waals surface area contributed by atoms with Crippen LogP contribution in [0.25, 0.3) is 0 Å². The summed E-state index contributed by atoms with van der Waals surface area (Å²) >= 11 is 1.61. The number of amides is 1. The van der Waals surface area contributed by atoms with Gasteiger partial charge in [-0.25, -0.2) is 13.4 Å². The van der Waals surface area contributed by atoms with E-state index in [0.717, 1.165) is 33.3 Å². The van der Waals surface area contributed by atoms with Crippen molar-refractivity contribution in [3.8, 4) is 0 Å². The molecule has 8 heteroatoms. The van der Waals surface area contributed by atoms with E-state index in [4.69, 9.17) is 0 Å². The van der Waals surface area contributed by atoms with Crippen LogP contribution in [0.5, 0.6) is 0 Å². The van der Waals surface area contributed by atoms with Crippen LogP contribution in [0.1, 0.15) is 34.9 Å². The lowest BCUT2D eigenvalue weighted by Crippen LogP contribution is -2.45. The Hall–Kier alpha value is -1.77. The lowest BCUT2D eigenvalue weighted by Gasteiger charge is -2.32. The van der Waals surface area contributed by atoms with E-state index >= 15 is 0 Å². The Labute approximate surface area is 164 Å². The van der Waals surface area contributed by atoms with Gasteiger partial charge in [0.05, 0.1) is 16.4 Å². The molecule has 1 unspecified atom stereocenters. The second kappa shape index (κ2) is 8.08. The summed E-state index contributed by atoms with van der Waals surface area (Å²) < 4.78 is 26.8. The van der Waals surface area contributed by atoms with Gasteiger partial charge in [0.15, 0.2) is 0 Å². The maximum atomic E-state index is 12.8. The Morgan fingerprint density at radius 2 is 2.11 bits per heavy atom. The number of rotatable bonds is 5. The van der Waals surface area contributed by atoms with Crippen molar-refractivity contribution in [2.75, 3.05) is 26.7 Å². The molecule has 146 valence electrons. The van der Waals surface area contributed by atoms with Crippen molar-refractivity contribution >= 4 is 27.3 Å². The maximum Gasteiger partial charge on any atom is 0.243 e. The Morgan fingerprint density at radius 1 is 1.33 bits per heavy atom. The second-order valence-corrected chi connectivity index (χ2v) is 10.0. The molecule has 2 aromatic rings. The van der Waals surface area contributed by atoms with Gasteiger partial charge < -0.3 is 4.90 Å². The lowest BCUT2D eigenvalue weighted by molar-refractivity contribution is -0.132. The zero-order valence-electron chi connectivity index (χ0n) is 15.9. The Morgan fingerprint density at radius 3 is 2.78 bits per heavy atom. The van der Waals surface area contributed by atoms with Crippen molar-refractivity contribution in [1.29, 1.82) is 0 Å². The summed E-state index contributed by atoms with van der Waals surface area (Å²) in [6.07, 6.45) is 3.70. The zero-order valence-corrected chi connectivity index (χ0v) is 17.5. The molecule has 1 atom stereocenters. The van der Waals surface area contributed by atoms with Gasteiger partial charge in [-0.05, 0) is 49.9 Å². The first-order valence-electron chi connectivity index (χ1n) is 9.00. The number of benzene rings is 1. The molecule has 2 heterocycles. The van der Waals surface area contributed by atoms with E-state index in [9.17, 15) is 13.2 Å². The average molecular weight is 408 g/mol. The number of piperidine rings is 1. The molecule has 0 aliphatic carbocycles. The van der Waals surface area contributed by atoms with E-state index in [2.05, 4.69) is 4.98 Å². The fraction of sp³-hybridized carbons (Fsp3) is 0.474. The number of aromatic nitrogens is 1. The number of thiazole rings is 1. The van der Waals surface area contributed by atoms with Crippen molar-refractivity contribution in [2.45, 2.75) is 37.5 Å². The molecule has 0 spiro atoms. The molecule has 1 aliphatic heterocycles. The molecule has 1 fully saturated rings. The highest BCUT2D eigenvalue weighted by Gasteiger charge is 2.29. The average Bonchev–Trinajstić information content (AvgIpc) is 3.18. The number of hydrogen-bond acceptors (Lipinski definition) is 5. The van der Waals surface area contributed by atoms with Gasteiger partial charge >= 0.3 is 0 Å². The molecule has 27 heavy (non-hydrogen) atoms. The van der Waals surface area contributed by atoms with Crippen LogP contribution in [0.2, 0.25) is 0 Å². The van der Waals surface area contributed by atoms with Crippen LogP contribution >= 0.6 is 11.3 Å². The number of likely N-dealkylation sites (N-methyl/N-ethyl adjacent to an activating group) is 1. The Bertz CT molecular complexity index is 910. The highest BCUT2D eigenvalue weighted by molar-refractivity contribution is 7.89. The van der Waals surface area contributed by atoms with Crippen molar-refractivity contribution in [3.05, 3.63) is 45.9 Å². The smallest absolute Gasteiger partial charge is 0.243 e. The molecule has 0 bridgehead atoms. The minimum Gasteiger partial charge on any atom is -0.341 e. The van der Waals surface area contributed by atoms with Crippen molar-refractivity contribution in [1.82, 2.24) is 14.2 Å². The van der Waals surface area contributed by atoms with Crippen LogP contribution in [0.3, 0.4) is 0 Å². The molecular weight excluding hydrogens is 382 g/mol. The standard InChI is InChI=1S/C19H25N3O3S2/c1-14-6-7-17(11-15(14)2)27(24,25)21(3)13-18(23)22-9-4-5-16(12-22)19-20-8-10-26-19/h6-8,10-11,16H,4-5,9,12-13H2,1-3H3. The van der Waals surface area contributed by atoms with Crippen LogP contribution in [0.15, 0.2) is 34.7 Å². The van der Waals surface area contributed by atoms with Crippen LogP contribution < -0.4 is 0 Å². The van der Waals surface area contributed by atoms with Crippen molar-refractivity contribution < 1.29 is 13.2 Å². The lowest BCUT2D eigenvalue weighted by atomic mass is 9.99. The summed E-state index contributed by atoms with van der Waals surface area (Å²) in [4.78, 5) is 19.1. The number of likely N-dealkylation sites (tertiary alicyclic amines) is 1. The Kier molecular flexibility index (Phi) is 5.98. The summed E-state index contributed by atoms with van der Waals surface area (Å²) in [5.74, 6) is 0.0792. The normalized spacial score (nSPS) is 18.1. The van der Waals surface area contributed by atoms with Gasteiger partial charge in [0.1, 0.15) is 0 Å². The molecular formula is C19H25N3O3S2. The number of carbonyl (C=O) groups excluding carboxylic acids is 1. The van der Waals surface area contributed by atoms with Crippen LogP contribution in [0, 0.1) is 13.8 Å². The quantitative estimate of drug-likeness (QED) is 0.764. The molecule has 1 aromatic heterocycles. The second-order valence-electron chi connectivity index (χ2n) is 7.06. The summed E-state index contributed by atoms with van der Waals surface area (Å²) in [6, 6.07) is 5.05. The topological polar surface area (TPSA) is 70.6 Å². The van der Waals surface area contributed by atoms with E-state index in [1.54, 1.807) is 40.6 Å². The predicted molar refractivity (Wildman–Crippen MR) is 106 cm³/mol. The maximum absolute atomic E-state index is 12.8. The molecule has 0 N–H and O–H groups in total. The third-order valence-electron chi connectivity index (χ3n) is 5.12. The highest BCUT2D eigenvalue weighted by Crippen LogP contribution is 2.28. The van der Waals surface area contributed by atoms with Gasteiger partial charge in [0, 0.05) is 37.6 Å². The summed E-state index contributed by atoms with van der Waals surface area (Å²) in [5, 5.41) is 2.99.